The van der Waals surface area contributed by atoms with Crippen LogP contribution < -0.4 is 5.73 Å². The predicted molar refractivity (Wildman–Crippen MR) is 145 cm³/mol. The van der Waals surface area contributed by atoms with Gasteiger partial charge < -0.3 is 31.3 Å². The number of benzene rings is 2. The molecule has 0 saturated carbocycles. The van der Waals surface area contributed by atoms with Crippen LogP contribution in [0.25, 0.3) is 12.2 Å². The zero-order chi connectivity index (χ0) is 30.1. The molecule has 0 fully saturated rings. The molecular formula is C30H29FN2O8. The maximum atomic E-state index is 13.9. The highest BCUT2D eigenvalue weighted by molar-refractivity contribution is 6.25. The van der Waals surface area contributed by atoms with Gasteiger partial charge in [0.1, 0.15) is 28.7 Å². The Morgan fingerprint density at radius 2 is 1.68 bits per heavy atom. The number of fused-ring (bicyclic) bond motifs is 3. The summed E-state index contributed by atoms with van der Waals surface area (Å²) in [6.07, 6.45) is 1.45. The topological polar surface area (TPSA) is 182 Å². The molecule has 6 atom stereocenters. The van der Waals surface area contributed by atoms with Gasteiger partial charge in [0.05, 0.1) is 23.6 Å². The number of nitrogens with zero attached hydrogens (tertiary/aromatic N) is 1. The van der Waals surface area contributed by atoms with Crippen LogP contribution in [0.2, 0.25) is 0 Å². The Labute approximate surface area is 234 Å². The molecule has 10 nitrogen and oxygen atoms in total. The first-order valence-electron chi connectivity index (χ1n) is 12.9. The van der Waals surface area contributed by atoms with E-state index in [9.17, 15) is 44.3 Å². The molecule has 0 aromatic heterocycles. The van der Waals surface area contributed by atoms with Crippen molar-refractivity contribution in [1.29, 1.82) is 0 Å². The van der Waals surface area contributed by atoms with E-state index in [2.05, 4.69) is 0 Å². The van der Waals surface area contributed by atoms with E-state index in [1.165, 1.54) is 49.3 Å². The van der Waals surface area contributed by atoms with Gasteiger partial charge in [-0.25, -0.2) is 4.39 Å². The first-order chi connectivity index (χ1) is 19.2. The Hall–Kier alpha value is -4.32. The summed E-state index contributed by atoms with van der Waals surface area (Å²) in [4.78, 5) is 40.9. The lowest BCUT2D eigenvalue weighted by Gasteiger charge is -2.53. The van der Waals surface area contributed by atoms with Gasteiger partial charge in [0.2, 0.25) is 5.78 Å². The number of amides is 1. The summed E-state index contributed by atoms with van der Waals surface area (Å²) in [5.74, 6) is -9.83. The van der Waals surface area contributed by atoms with E-state index < -0.39 is 87.2 Å². The van der Waals surface area contributed by atoms with Crippen LogP contribution in [-0.2, 0) is 9.59 Å². The molecule has 3 aliphatic carbocycles. The molecule has 0 spiro atoms. The van der Waals surface area contributed by atoms with Crippen LogP contribution in [0.4, 0.5) is 4.39 Å². The Bertz CT molecular complexity index is 1590. The minimum atomic E-state index is -2.97. The second-order valence-corrected chi connectivity index (χ2v) is 10.9. The lowest BCUT2D eigenvalue weighted by atomic mass is 9.55. The number of nitrogens with two attached hydrogens (primary N) is 1. The molecule has 0 unspecified atom stereocenters. The lowest BCUT2D eigenvalue weighted by Crippen LogP contribution is -2.68. The highest BCUT2D eigenvalue weighted by Gasteiger charge is 2.67. The summed E-state index contributed by atoms with van der Waals surface area (Å²) in [7, 11) is 2.95. The maximum Gasteiger partial charge on any atom is 0.255 e. The minimum absolute atomic E-state index is 0.188. The molecule has 1 amide bonds. The van der Waals surface area contributed by atoms with Crippen molar-refractivity contribution in [2.24, 2.45) is 17.6 Å². The quantitative estimate of drug-likeness (QED) is 0.239. The molecule has 0 saturated heterocycles. The molecule has 0 aliphatic heterocycles. The van der Waals surface area contributed by atoms with E-state index in [1.807, 2.05) is 0 Å². The van der Waals surface area contributed by atoms with Crippen molar-refractivity contribution in [2.75, 3.05) is 14.1 Å². The summed E-state index contributed by atoms with van der Waals surface area (Å²) in [5, 5.41) is 56.9. The van der Waals surface area contributed by atoms with Crippen LogP contribution in [-0.4, -0.2) is 79.7 Å². The predicted octanol–water partition coefficient (Wildman–Crippen LogP) is 1.96. The normalized spacial score (nSPS) is 29.6. The number of likely N-dealkylation sites (N-methyl/N-ethyl adjacent to an activating group) is 1. The van der Waals surface area contributed by atoms with Gasteiger partial charge in [-0.3, -0.25) is 19.3 Å². The van der Waals surface area contributed by atoms with Gasteiger partial charge >= 0.3 is 0 Å². The molecule has 3 aliphatic rings. The van der Waals surface area contributed by atoms with E-state index in [0.717, 1.165) is 0 Å². The Morgan fingerprint density at radius 1 is 1.05 bits per heavy atom. The summed E-state index contributed by atoms with van der Waals surface area (Å²) in [6.45, 7) is 1.66. The van der Waals surface area contributed by atoms with Crippen molar-refractivity contribution in [3.05, 3.63) is 87.1 Å². The average Bonchev–Trinajstić information content (AvgIpc) is 2.90. The largest absolute Gasteiger partial charge is 0.510 e. The first kappa shape index (κ1) is 28.2. The van der Waals surface area contributed by atoms with Crippen LogP contribution in [0.15, 0.2) is 59.1 Å². The van der Waals surface area contributed by atoms with Crippen molar-refractivity contribution < 1.29 is 44.3 Å². The van der Waals surface area contributed by atoms with Crippen molar-refractivity contribution in [3.63, 3.8) is 0 Å². The lowest BCUT2D eigenvalue weighted by molar-refractivity contribution is -0.162. The zero-order valence-corrected chi connectivity index (χ0v) is 22.4. The van der Waals surface area contributed by atoms with Gasteiger partial charge in [-0.15, -0.1) is 0 Å². The van der Waals surface area contributed by atoms with E-state index in [0.29, 0.717) is 11.1 Å². The number of hydrogen-bond donors (Lipinski definition) is 6. The second kappa shape index (κ2) is 9.65. The molecule has 0 heterocycles. The van der Waals surface area contributed by atoms with Gasteiger partial charge in [0.15, 0.2) is 11.4 Å². The number of aliphatic hydroxyl groups is 4. The number of Topliss-reactive ketones (excluding diaryl/α,β-unsaturated/α-hetero) is 2. The fourth-order valence-electron chi connectivity index (χ4n) is 6.53. The molecule has 11 heteroatoms. The maximum absolute atomic E-state index is 13.9. The molecule has 7 N–H and O–H groups in total. The summed E-state index contributed by atoms with van der Waals surface area (Å²) < 4.78 is 13.3. The fraction of sp³-hybridized carbons (Fsp3) is 0.300. The minimum Gasteiger partial charge on any atom is -0.510 e. The van der Waals surface area contributed by atoms with Gasteiger partial charge in [-0.1, -0.05) is 43.3 Å². The van der Waals surface area contributed by atoms with Crippen LogP contribution in [0.3, 0.4) is 0 Å². The molecule has 0 radical (unpaired) electrons. The molecule has 41 heavy (non-hydrogen) atoms. The van der Waals surface area contributed by atoms with Gasteiger partial charge in [0, 0.05) is 17.1 Å². The zero-order valence-electron chi connectivity index (χ0n) is 22.4. The van der Waals surface area contributed by atoms with Crippen molar-refractivity contribution in [1.82, 2.24) is 4.90 Å². The summed E-state index contributed by atoms with van der Waals surface area (Å²) in [6, 6.07) is 7.43. The van der Waals surface area contributed by atoms with Crippen LogP contribution >= 0.6 is 0 Å². The number of ketones is 2. The number of rotatable bonds is 4. The molecular weight excluding hydrogens is 535 g/mol. The monoisotopic (exact) mass is 564 g/mol. The number of phenols is 1. The SMILES string of the molecule is C[C@@H]1c2ccc(/C=C/c3ccc(F)cc3)c(O)c2C(=O)C2=C(O)[C@@]3(O)C(=O)C(C(N)=O)=C(O)[C@H](N(C)C)[C@H]3[C@H](O)[C@H]21. The number of hydrogen-bond acceptors (Lipinski definition) is 9. The summed E-state index contributed by atoms with van der Waals surface area (Å²) in [5.41, 5.74) is 1.95. The molecule has 0 bridgehead atoms. The van der Waals surface area contributed by atoms with Gasteiger partial charge in [0.25, 0.3) is 5.91 Å². The number of carbonyl (C=O) groups is 3. The Kier molecular flexibility index (Phi) is 6.64. The number of phenolic OH excluding ortho intramolecular Hbond substituents is 1. The van der Waals surface area contributed by atoms with Crippen LogP contribution in [0.1, 0.15) is 39.9 Å². The first-order valence-corrected chi connectivity index (χ1v) is 12.9. The van der Waals surface area contributed by atoms with Crippen LogP contribution in [0.5, 0.6) is 5.75 Å². The Morgan fingerprint density at radius 3 is 2.27 bits per heavy atom. The molecule has 214 valence electrons. The molecule has 5 rings (SSSR count). The van der Waals surface area contributed by atoms with Gasteiger partial charge in [-0.2, -0.15) is 0 Å². The van der Waals surface area contributed by atoms with Crippen LogP contribution in [0, 0.1) is 17.7 Å². The van der Waals surface area contributed by atoms with E-state index in [1.54, 1.807) is 25.1 Å². The van der Waals surface area contributed by atoms with Crippen molar-refractivity contribution in [2.45, 2.75) is 30.6 Å². The number of primary amides is 1. The third-order valence-electron chi connectivity index (χ3n) is 8.49. The number of halogens is 1. The third kappa shape index (κ3) is 3.91. The molecule has 2 aromatic carbocycles. The van der Waals surface area contributed by atoms with Crippen molar-refractivity contribution in [3.8, 4) is 5.75 Å². The van der Waals surface area contributed by atoms with E-state index in [-0.39, 0.29) is 11.1 Å². The van der Waals surface area contributed by atoms with E-state index in [4.69, 9.17) is 5.73 Å². The third-order valence-corrected chi connectivity index (χ3v) is 8.49. The Balaban J connectivity index is 1.69. The fourth-order valence-corrected chi connectivity index (χ4v) is 6.53. The number of carbonyl (C=O) groups excluding carboxylic acids is 3. The smallest absolute Gasteiger partial charge is 0.255 e. The number of aliphatic hydroxyl groups excluding tert-OH is 3. The van der Waals surface area contributed by atoms with E-state index >= 15 is 0 Å². The highest BCUT2D eigenvalue weighted by atomic mass is 19.1. The van der Waals surface area contributed by atoms with Crippen molar-refractivity contribution >= 4 is 29.6 Å². The average molecular weight is 565 g/mol. The highest BCUT2D eigenvalue weighted by Crippen LogP contribution is 2.55. The standard InChI is InChI=1S/C30H29FN2O8/c1-12-16-11-8-14(7-4-13-5-9-15(31)10-6-13)23(34)18(16)24(35)19-17(12)25(36)21-22(33(2)3)26(37)20(29(32)40)28(39)30(21,41)27(19)38/h4-12,17,21-22,25,34,36-38,41H,1-3H3,(H2,32,40)/b7-4+/t12-,17+,21+,22-,25-,30-/m1/s1. The second-order valence-electron chi connectivity index (χ2n) is 10.9. The number of aromatic hydroxyl groups is 1. The van der Waals surface area contributed by atoms with Gasteiger partial charge in [-0.05, 0) is 43.3 Å². The molecule has 2 aromatic rings. The summed E-state index contributed by atoms with van der Waals surface area (Å²) >= 11 is 0.